The summed E-state index contributed by atoms with van der Waals surface area (Å²) in [5, 5.41) is 2.94. The second-order valence-electron chi connectivity index (χ2n) is 7.02. The molecule has 0 radical (unpaired) electrons. The van der Waals surface area contributed by atoms with Gasteiger partial charge in [-0.15, -0.1) is 0 Å². The first-order valence-corrected chi connectivity index (χ1v) is 9.14. The number of pyridine rings is 2. The van der Waals surface area contributed by atoms with E-state index in [1.54, 1.807) is 17.8 Å². The van der Waals surface area contributed by atoms with Gasteiger partial charge in [0.2, 0.25) is 5.95 Å². The summed E-state index contributed by atoms with van der Waals surface area (Å²) in [7, 11) is 1.72. The molecule has 166 valence electrons. The molecule has 0 aliphatic rings. The van der Waals surface area contributed by atoms with Gasteiger partial charge in [0.05, 0.1) is 23.6 Å². The van der Waals surface area contributed by atoms with E-state index >= 15 is 0 Å². The topological polar surface area (TPSA) is 107 Å². The van der Waals surface area contributed by atoms with E-state index in [9.17, 15) is 22.0 Å². The molecule has 0 saturated carbocycles. The van der Waals surface area contributed by atoms with Crippen molar-refractivity contribution in [3.05, 3.63) is 59.4 Å². The first-order valence-electron chi connectivity index (χ1n) is 9.14. The lowest BCUT2D eigenvalue weighted by Gasteiger charge is -2.19. The van der Waals surface area contributed by atoms with Crippen LogP contribution in [-0.2, 0) is 13.2 Å². The van der Waals surface area contributed by atoms with E-state index in [1.807, 2.05) is 0 Å². The van der Waals surface area contributed by atoms with Gasteiger partial charge in [0.25, 0.3) is 0 Å². The molecule has 4 heterocycles. The second-order valence-corrected chi connectivity index (χ2v) is 7.02. The third-order valence-corrected chi connectivity index (χ3v) is 4.67. The van der Waals surface area contributed by atoms with Crippen molar-refractivity contribution in [2.45, 2.75) is 19.0 Å². The number of imidazole rings is 1. The number of rotatable bonds is 4. The Kier molecular flexibility index (Phi) is 5.11. The summed E-state index contributed by atoms with van der Waals surface area (Å²) in [4.78, 5) is 19.4. The van der Waals surface area contributed by atoms with Gasteiger partial charge in [-0.05, 0) is 11.6 Å². The molecule has 0 spiro atoms. The van der Waals surface area contributed by atoms with Crippen LogP contribution in [0.5, 0.6) is 0 Å². The van der Waals surface area contributed by atoms with E-state index in [-0.39, 0.29) is 34.1 Å². The van der Waals surface area contributed by atoms with Gasteiger partial charge in [-0.3, -0.25) is 4.98 Å². The van der Waals surface area contributed by atoms with Gasteiger partial charge in [-0.2, -0.15) is 23.1 Å². The summed E-state index contributed by atoms with van der Waals surface area (Å²) in [6.07, 6.45) is -0.932. The van der Waals surface area contributed by atoms with Crippen LogP contribution in [0.4, 0.5) is 39.5 Å². The second kappa shape index (κ2) is 7.66. The SMILES string of the molecule is CC(c1ncc(F)cc1F)c1cc(C(F)(F)F)nc2nc(N)nc(Nc3cn(C)cn3)c12. The number of nitrogen functional groups attached to an aromatic ring is 1. The average molecular weight is 450 g/mol. The molecule has 0 saturated heterocycles. The van der Waals surface area contributed by atoms with Crippen molar-refractivity contribution in [3.8, 4) is 0 Å². The van der Waals surface area contributed by atoms with Crippen LogP contribution in [0.3, 0.4) is 0 Å². The van der Waals surface area contributed by atoms with Gasteiger partial charge in [0.1, 0.15) is 29.0 Å². The van der Waals surface area contributed by atoms with Crippen molar-refractivity contribution in [1.82, 2.24) is 29.5 Å². The first kappa shape index (κ1) is 21.3. The van der Waals surface area contributed by atoms with E-state index in [0.717, 1.165) is 12.3 Å². The third-order valence-electron chi connectivity index (χ3n) is 4.67. The molecule has 1 atom stereocenters. The Hall–Kier alpha value is -3.90. The van der Waals surface area contributed by atoms with Crippen LogP contribution in [0.1, 0.15) is 29.8 Å². The highest BCUT2D eigenvalue weighted by atomic mass is 19.4. The van der Waals surface area contributed by atoms with E-state index in [2.05, 4.69) is 30.2 Å². The number of aromatic nitrogens is 6. The predicted octanol–water partition coefficient (Wildman–Crippen LogP) is 3.93. The van der Waals surface area contributed by atoms with Gasteiger partial charge in [0, 0.05) is 25.2 Å². The fourth-order valence-corrected chi connectivity index (χ4v) is 3.25. The summed E-state index contributed by atoms with van der Waals surface area (Å²) in [6.45, 7) is 1.43. The monoisotopic (exact) mass is 450 g/mol. The summed E-state index contributed by atoms with van der Waals surface area (Å²) < 4.78 is 70.0. The summed E-state index contributed by atoms with van der Waals surface area (Å²) in [6, 6.07) is 1.37. The van der Waals surface area contributed by atoms with Crippen molar-refractivity contribution < 1.29 is 22.0 Å². The van der Waals surface area contributed by atoms with Crippen molar-refractivity contribution in [3.63, 3.8) is 0 Å². The molecule has 3 N–H and O–H groups in total. The highest BCUT2D eigenvalue weighted by Crippen LogP contribution is 2.38. The molecule has 0 bridgehead atoms. The maximum absolute atomic E-state index is 14.4. The summed E-state index contributed by atoms with van der Waals surface area (Å²) >= 11 is 0. The summed E-state index contributed by atoms with van der Waals surface area (Å²) in [5.41, 5.74) is 3.81. The fraction of sp³-hybridized carbons (Fsp3) is 0.211. The zero-order valence-electron chi connectivity index (χ0n) is 16.6. The van der Waals surface area contributed by atoms with Gasteiger partial charge in [-0.25, -0.2) is 18.7 Å². The maximum atomic E-state index is 14.4. The minimum Gasteiger partial charge on any atom is -0.368 e. The highest BCUT2D eigenvalue weighted by Gasteiger charge is 2.35. The van der Waals surface area contributed by atoms with Crippen LogP contribution in [0.15, 0.2) is 30.9 Å². The minimum absolute atomic E-state index is 0.0248. The Bertz CT molecular complexity index is 1320. The number of nitrogens with zero attached hydrogens (tertiary/aromatic N) is 6. The Labute approximate surface area is 177 Å². The van der Waals surface area contributed by atoms with Crippen LogP contribution in [0.25, 0.3) is 11.0 Å². The molecular formula is C19H15F5N8. The number of hydrogen-bond acceptors (Lipinski definition) is 7. The quantitative estimate of drug-likeness (QED) is 0.454. The van der Waals surface area contributed by atoms with E-state index in [0.29, 0.717) is 11.9 Å². The van der Waals surface area contributed by atoms with E-state index in [4.69, 9.17) is 5.73 Å². The number of fused-ring (bicyclic) bond motifs is 1. The number of hydrogen-bond donors (Lipinski definition) is 2. The molecule has 4 rings (SSSR count). The van der Waals surface area contributed by atoms with Gasteiger partial charge in [-0.1, -0.05) is 6.92 Å². The van der Waals surface area contributed by atoms with Crippen LogP contribution < -0.4 is 11.1 Å². The molecule has 0 aliphatic carbocycles. The third kappa shape index (κ3) is 4.00. The number of aryl methyl sites for hydroxylation is 1. The van der Waals surface area contributed by atoms with Crippen LogP contribution >= 0.6 is 0 Å². The van der Waals surface area contributed by atoms with Crippen molar-refractivity contribution in [2.75, 3.05) is 11.1 Å². The van der Waals surface area contributed by atoms with Crippen molar-refractivity contribution in [1.29, 1.82) is 0 Å². The standard InChI is InChI=1S/C19H15F5N8/c1-8(15-11(21)3-9(20)5-26-15)10-4-12(19(22,23)24)28-16-14(10)17(31-18(25)30-16)29-13-6-32(2)7-27-13/h3-8H,1-2H3,(H3,25,28,29,30,31). The van der Waals surface area contributed by atoms with Crippen molar-refractivity contribution in [2.24, 2.45) is 7.05 Å². The average Bonchev–Trinajstić information content (AvgIpc) is 3.10. The zero-order valence-corrected chi connectivity index (χ0v) is 16.6. The highest BCUT2D eigenvalue weighted by molar-refractivity contribution is 5.93. The number of halogens is 5. The Morgan fingerprint density at radius 1 is 1.09 bits per heavy atom. The maximum Gasteiger partial charge on any atom is 0.433 e. The zero-order chi connectivity index (χ0) is 23.2. The molecule has 0 aromatic carbocycles. The van der Waals surface area contributed by atoms with E-state index in [1.165, 1.54) is 13.3 Å². The smallest absolute Gasteiger partial charge is 0.368 e. The molecule has 8 nitrogen and oxygen atoms in total. The molecular weight excluding hydrogens is 435 g/mol. The lowest BCUT2D eigenvalue weighted by Crippen LogP contribution is -2.14. The minimum atomic E-state index is -4.81. The molecule has 1 unspecified atom stereocenters. The Balaban J connectivity index is 1.99. The molecule has 0 fully saturated rings. The molecule has 32 heavy (non-hydrogen) atoms. The van der Waals surface area contributed by atoms with Crippen LogP contribution in [0.2, 0.25) is 0 Å². The molecule has 4 aromatic rings. The molecule has 13 heteroatoms. The van der Waals surface area contributed by atoms with Gasteiger partial charge in [0.15, 0.2) is 5.65 Å². The van der Waals surface area contributed by atoms with Crippen LogP contribution in [0, 0.1) is 11.6 Å². The lowest BCUT2D eigenvalue weighted by molar-refractivity contribution is -0.141. The Morgan fingerprint density at radius 2 is 1.84 bits per heavy atom. The lowest BCUT2D eigenvalue weighted by atomic mass is 9.93. The van der Waals surface area contributed by atoms with E-state index < -0.39 is 29.4 Å². The van der Waals surface area contributed by atoms with Gasteiger partial charge >= 0.3 is 6.18 Å². The fourth-order valence-electron chi connectivity index (χ4n) is 3.25. The molecule has 0 aliphatic heterocycles. The van der Waals surface area contributed by atoms with Crippen molar-refractivity contribution >= 4 is 28.6 Å². The normalized spacial score (nSPS) is 12.8. The number of alkyl halides is 3. The van der Waals surface area contributed by atoms with Gasteiger partial charge < -0.3 is 15.6 Å². The predicted molar refractivity (Wildman–Crippen MR) is 105 cm³/mol. The first-order chi connectivity index (χ1) is 15.0. The largest absolute Gasteiger partial charge is 0.433 e. The molecule has 4 aromatic heterocycles. The van der Waals surface area contributed by atoms with Crippen LogP contribution in [-0.4, -0.2) is 29.5 Å². The number of nitrogens with two attached hydrogens (primary N) is 1. The Morgan fingerprint density at radius 3 is 2.47 bits per heavy atom. The number of anilines is 3. The summed E-state index contributed by atoms with van der Waals surface area (Å²) in [5.74, 6) is -2.94. The molecule has 0 amide bonds. The number of nitrogens with one attached hydrogen (secondary N) is 1.